The summed E-state index contributed by atoms with van der Waals surface area (Å²) >= 11 is 1.40. The summed E-state index contributed by atoms with van der Waals surface area (Å²) in [6.45, 7) is 1.89. The first kappa shape index (κ1) is 18.0. The largest absolute Gasteiger partial charge is 0.497 e. The number of aromatic nitrogens is 3. The minimum atomic E-state index is -0.230. The summed E-state index contributed by atoms with van der Waals surface area (Å²) in [4.78, 5) is 17.1. The predicted octanol–water partition coefficient (Wildman–Crippen LogP) is 4.30. The van der Waals surface area contributed by atoms with E-state index in [9.17, 15) is 4.79 Å². The minimum absolute atomic E-state index is 0.0740. The number of carbonyl (C=O) groups excluding carboxylic acids is 1. The van der Waals surface area contributed by atoms with Crippen molar-refractivity contribution in [1.29, 1.82) is 0 Å². The van der Waals surface area contributed by atoms with Gasteiger partial charge in [-0.05, 0) is 43.5 Å². The fraction of sp³-hybridized carbons (Fsp3) is 0.526. The number of hydrogen-bond acceptors (Lipinski definition) is 5. The van der Waals surface area contributed by atoms with Gasteiger partial charge in [0.05, 0.1) is 12.4 Å². The molecular weight excluding hydrogens is 334 g/mol. The molecule has 134 valence electrons. The predicted molar refractivity (Wildman–Crippen MR) is 99.3 cm³/mol. The number of nitrogens with one attached hydrogen (secondary N) is 1. The van der Waals surface area contributed by atoms with Gasteiger partial charge in [0.25, 0.3) is 0 Å². The van der Waals surface area contributed by atoms with Gasteiger partial charge >= 0.3 is 0 Å². The summed E-state index contributed by atoms with van der Waals surface area (Å²) in [5.74, 6) is 2.60. The van der Waals surface area contributed by atoms with Crippen LogP contribution in [-0.2, 0) is 6.42 Å². The molecule has 1 aliphatic rings. The van der Waals surface area contributed by atoms with Gasteiger partial charge in [0.15, 0.2) is 5.78 Å². The Balaban J connectivity index is 1.53. The molecule has 0 spiro atoms. The van der Waals surface area contributed by atoms with Crippen molar-refractivity contribution in [3.8, 4) is 5.75 Å². The van der Waals surface area contributed by atoms with Crippen LogP contribution in [0.25, 0.3) is 0 Å². The topological polar surface area (TPSA) is 67.9 Å². The van der Waals surface area contributed by atoms with Gasteiger partial charge in [-0.25, -0.2) is 4.98 Å². The zero-order valence-corrected chi connectivity index (χ0v) is 15.6. The molecule has 1 unspecified atom stereocenters. The fourth-order valence-electron chi connectivity index (χ4n) is 3.28. The number of methoxy groups -OCH3 is 1. The molecule has 1 aromatic heterocycles. The molecule has 0 amide bonds. The van der Waals surface area contributed by atoms with E-state index in [-0.39, 0.29) is 11.0 Å². The van der Waals surface area contributed by atoms with Crippen LogP contribution in [0.1, 0.15) is 55.2 Å². The van der Waals surface area contributed by atoms with E-state index >= 15 is 0 Å². The van der Waals surface area contributed by atoms with E-state index in [0.717, 1.165) is 23.9 Å². The molecule has 3 rings (SSSR count). The number of nitrogens with zero attached hydrogens (tertiary/aromatic N) is 2. The summed E-state index contributed by atoms with van der Waals surface area (Å²) < 4.78 is 5.13. The lowest BCUT2D eigenvalue weighted by atomic mass is 10.0. The molecule has 0 saturated heterocycles. The van der Waals surface area contributed by atoms with Gasteiger partial charge < -0.3 is 4.74 Å². The lowest BCUT2D eigenvalue weighted by Gasteiger charge is -2.08. The number of H-pyrrole nitrogens is 1. The number of benzene rings is 1. The quantitative estimate of drug-likeness (QED) is 0.562. The van der Waals surface area contributed by atoms with E-state index < -0.39 is 0 Å². The molecule has 1 heterocycles. The molecule has 1 fully saturated rings. The van der Waals surface area contributed by atoms with Crippen LogP contribution in [0.15, 0.2) is 29.4 Å². The molecule has 1 saturated carbocycles. The Morgan fingerprint density at radius 2 is 2.04 bits per heavy atom. The van der Waals surface area contributed by atoms with Crippen LogP contribution in [0.5, 0.6) is 5.75 Å². The van der Waals surface area contributed by atoms with Crippen molar-refractivity contribution in [3.63, 3.8) is 0 Å². The maximum Gasteiger partial charge on any atom is 0.209 e. The summed E-state index contributed by atoms with van der Waals surface area (Å²) in [5.41, 5.74) is 0.679. The average molecular weight is 359 g/mol. The maximum atomic E-state index is 12.5. The lowest BCUT2D eigenvalue weighted by molar-refractivity contribution is 0.0994. The Morgan fingerprint density at radius 3 is 2.72 bits per heavy atom. The van der Waals surface area contributed by atoms with E-state index in [4.69, 9.17) is 4.74 Å². The number of thioether (sulfide) groups is 1. The Kier molecular flexibility index (Phi) is 6.13. The van der Waals surface area contributed by atoms with Crippen LogP contribution in [0.4, 0.5) is 0 Å². The zero-order chi connectivity index (χ0) is 17.6. The second-order valence-corrected chi connectivity index (χ2v) is 7.91. The van der Waals surface area contributed by atoms with Crippen molar-refractivity contribution in [3.05, 3.63) is 35.7 Å². The van der Waals surface area contributed by atoms with Gasteiger partial charge in [0, 0.05) is 12.0 Å². The Hall–Kier alpha value is -1.82. The van der Waals surface area contributed by atoms with E-state index in [1.54, 1.807) is 31.4 Å². The monoisotopic (exact) mass is 359 g/mol. The molecule has 1 aromatic carbocycles. The molecule has 1 atom stereocenters. The third-order valence-electron chi connectivity index (χ3n) is 4.80. The lowest BCUT2D eigenvalue weighted by Crippen LogP contribution is -2.13. The van der Waals surface area contributed by atoms with Crippen molar-refractivity contribution >= 4 is 17.5 Å². The van der Waals surface area contributed by atoms with Crippen LogP contribution < -0.4 is 4.74 Å². The number of Topliss-reactive ketones (excluding diaryl/α,β-unsaturated/α-hetero) is 1. The van der Waals surface area contributed by atoms with Gasteiger partial charge in [-0.15, -0.1) is 5.10 Å². The minimum Gasteiger partial charge on any atom is -0.497 e. The summed E-state index contributed by atoms with van der Waals surface area (Å²) in [7, 11) is 1.61. The highest BCUT2D eigenvalue weighted by atomic mass is 32.2. The SMILES string of the molecule is COc1ccc(C(=O)C(C)Sc2n[nH]c(CCC3CCCC3)n2)cc1. The van der Waals surface area contributed by atoms with Crippen LogP contribution in [0.2, 0.25) is 0 Å². The average Bonchev–Trinajstić information content (AvgIpc) is 3.31. The number of ether oxygens (including phenoxy) is 1. The Bertz CT molecular complexity index is 693. The van der Waals surface area contributed by atoms with Crippen LogP contribution in [0.3, 0.4) is 0 Å². The van der Waals surface area contributed by atoms with Gasteiger partial charge in [-0.3, -0.25) is 9.89 Å². The van der Waals surface area contributed by atoms with Crippen molar-refractivity contribution in [2.24, 2.45) is 5.92 Å². The molecule has 1 aliphatic carbocycles. The van der Waals surface area contributed by atoms with Crippen molar-refractivity contribution in [2.75, 3.05) is 7.11 Å². The van der Waals surface area contributed by atoms with Gasteiger partial charge in [-0.2, -0.15) is 0 Å². The van der Waals surface area contributed by atoms with E-state index in [1.807, 2.05) is 6.92 Å². The molecule has 6 heteroatoms. The third-order valence-corrected chi connectivity index (χ3v) is 5.76. The molecule has 0 aliphatic heterocycles. The Labute approximate surface area is 153 Å². The highest BCUT2D eigenvalue weighted by Gasteiger charge is 2.20. The Morgan fingerprint density at radius 1 is 1.32 bits per heavy atom. The van der Waals surface area contributed by atoms with E-state index in [1.165, 1.54) is 43.9 Å². The molecule has 0 radical (unpaired) electrons. The smallest absolute Gasteiger partial charge is 0.209 e. The first-order chi connectivity index (χ1) is 12.2. The first-order valence-corrected chi connectivity index (χ1v) is 9.80. The number of rotatable bonds is 8. The second-order valence-electron chi connectivity index (χ2n) is 6.61. The van der Waals surface area contributed by atoms with E-state index in [0.29, 0.717) is 10.7 Å². The summed E-state index contributed by atoms with van der Waals surface area (Å²) in [5, 5.41) is 7.70. The second kappa shape index (κ2) is 8.52. The van der Waals surface area contributed by atoms with Gasteiger partial charge in [0.1, 0.15) is 11.6 Å². The molecule has 25 heavy (non-hydrogen) atoms. The summed E-state index contributed by atoms with van der Waals surface area (Å²) in [6, 6.07) is 7.20. The van der Waals surface area contributed by atoms with Gasteiger partial charge in [0.2, 0.25) is 5.16 Å². The van der Waals surface area contributed by atoms with E-state index in [2.05, 4.69) is 15.2 Å². The number of hydrogen-bond donors (Lipinski definition) is 1. The number of carbonyl (C=O) groups is 1. The fourth-order valence-corrected chi connectivity index (χ4v) is 4.10. The van der Waals surface area contributed by atoms with Crippen LogP contribution >= 0.6 is 11.8 Å². The van der Waals surface area contributed by atoms with Crippen molar-refractivity contribution in [2.45, 2.75) is 55.9 Å². The standard InChI is InChI=1S/C19H25N3O2S/c1-13(18(23)15-8-10-16(24-2)11-9-15)25-19-20-17(21-22-19)12-7-14-5-3-4-6-14/h8-11,13-14H,3-7,12H2,1-2H3,(H,20,21,22). The number of aryl methyl sites for hydroxylation is 1. The van der Waals surface area contributed by atoms with Crippen LogP contribution in [-0.4, -0.2) is 33.3 Å². The van der Waals surface area contributed by atoms with Crippen molar-refractivity contribution in [1.82, 2.24) is 15.2 Å². The molecule has 2 aromatic rings. The molecular formula is C19H25N3O2S. The van der Waals surface area contributed by atoms with Gasteiger partial charge in [-0.1, -0.05) is 37.4 Å². The first-order valence-electron chi connectivity index (χ1n) is 8.92. The molecule has 0 bridgehead atoms. The number of ketones is 1. The maximum absolute atomic E-state index is 12.5. The summed E-state index contributed by atoms with van der Waals surface area (Å²) in [6.07, 6.45) is 7.56. The highest BCUT2D eigenvalue weighted by molar-refractivity contribution is 8.00. The highest BCUT2D eigenvalue weighted by Crippen LogP contribution is 2.29. The zero-order valence-electron chi connectivity index (χ0n) is 14.8. The third kappa shape index (κ3) is 4.84. The molecule has 5 nitrogen and oxygen atoms in total. The number of aromatic amines is 1. The normalized spacial score (nSPS) is 16.1. The molecule has 1 N–H and O–H groups in total. The van der Waals surface area contributed by atoms with Crippen LogP contribution in [0, 0.1) is 5.92 Å². The van der Waals surface area contributed by atoms with Crippen molar-refractivity contribution < 1.29 is 9.53 Å².